The molecule has 6 heteroatoms. The Morgan fingerprint density at radius 3 is 2.55 bits per heavy atom. The van der Waals surface area contributed by atoms with Gasteiger partial charge in [0.05, 0.1) is 16.0 Å². The highest BCUT2D eigenvalue weighted by molar-refractivity contribution is 6.31. The van der Waals surface area contributed by atoms with Gasteiger partial charge in [0.25, 0.3) is 5.69 Å². The SMILES string of the molecule is NCc1ccc(-c2c([N+](=O)[O-])cnc3ccc(Cl)cc23)cc1. The molecule has 1 aromatic heterocycles. The van der Waals surface area contributed by atoms with Crippen LogP contribution in [0.25, 0.3) is 22.0 Å². The summed E-state index contributed by atoms with van der Waals surface area (Å²) in [5.41, 5.74) is 8.42. The van der Waals surface area contributed by atoms with Gasteiger partial charge < -0.3 is 5.73 Å². The van der Waals surface area contributed by atoms with E-state index in [4.69, 9.17) is 17.3 Å². The zero-order valence-electron chi connectivity index (χ0n) is 11.5. The fourth-order valence-electron chi connectivity index (χ4n) is 2.40. The maximum atomic E-state index is 11.4. The smallest absolute Gasteiger partial charge is 0.295 e. The third kappa shape index (κ3) is 2.52. The molecule has 0 radical (unpaired) electrons. The molecule has 0 fully saturated rings. The van der Waals surface area contributed by atoms with Gasteiger partial charge >= 0.3 is 0 Å². The van der Waals surface area contributed by atoms with Gasteiger partial charge in [0.1, 0.15) is 6.20 Å². The first kappa shape index (κ1) is 14.4. The second kappa shape index (κ2) is 5.71. The Hall–Kier alpha value is -2.50. The van der Waals surface area contributed by atoms with Gasteiger partial charge in [-0.2, -0.15) is 0 Å². The third-order valence-corrected chi connectivity index (χ3v) is 3.72. The van der Waals surface area contributed by atoms with Crippen molar-refractivity contribution >= 4 is 28.2 Å². The van der Waals surface area contributed by atoms with Crippen molar-refractivity contribution in [2.45, 2.75) is 6.54 Å². The number of nitro groups is 1. The Kier molecular flexibility index (Phi) is 3.75. The van der Waals surface area contributed by atoms with Crippen LogP contribution in [0.4, 0.5) is 5.69 Å². The van der Waals surface area contributed by atoms with Crippen LogP contribution in [0, 0.1) is 10.1 Å². The van der Waals surface area contributed by atoms with Crippen LogP contribution >= 0.6 is 11.6 Å². The summed E-state index contributed by atoms with van der Waals surface area (Å²) in [7, 11) is 0. The van der Waals surface area contributed by atoms with E-state index in [0.29, 0.717) is 28.0 Å². The van der Waals surface area contributed by atoms with Crippen LogP contribution in [0.1, 0.15) is 5.56 Å². The first-order chi connectivity index (χ1) is 10.6. The van der Waals surface area contributed by atoms with Crippen LogP contribution in [0.3, 0.4) is 0 Å². The van der Waals surface area contributed by atoms with E-state index in [0.717, 1.165) is 11.1 Å². The highest BCUT2D eigenvalue weighted by Crippen LogP contribution is 2.36. The molecule has 2 N–H and O–H groups in total. The van der Waals surface area contributed by atoms with Crippen LogP contribution < -0.4 is 5.73 Å². The zero-order chi connectivity index (χ0) is 15.7. The molecule has 0 spiro atoms. The minimum atomic E-state index is -0.431. The van der Waals surface area contributed by atoms with Crippen LogP contribution in [0.5, 0.6) is 0 Å². The summed E-state index contributed by atoms with van der Waals surface area (Å²) in [5.74, 6) is 0. The van der Waals surface area contributed by atoms with E-state index < -0.39 is 4.92 Å². The molecule has 0 atom stereocenters. The molecule has 3 aromatic rings. The number of aromatic nitrogens is 1. The normalized spacial score (nSPS) is 10.8. The van der Waals surface area contributed by atoms with Gasteiger partial charge in [0.2, 0.25) is 0 Å². The van der Waals surface area contributed by atoms with Crippen LogP contribution in [0.2, 0.25) is 5.02 Å². The van der Waals surface area contributed by atoms with Gasteiger partial charge in [0.15, 0.2) is 0 Å². The fraction of sp³-hybridized carbons (Fsp3) is 0.0625. The average molecular weight is 314 g/mol. The summed E-state index contributed by atoms with van der Waals surface area (Å²) in [6.07, 6.45) is 1.28. The molecule has 0 amide bonds. The number of rotatable bonds is 3. The highest BCUT2D eigenvalue weighted by Gasteiger charge is 2.19. The molecule has 0 bridgehead atoms. The summed E-state index contributed by atoms with van der Waals surface area (Å²) in [6, 6.07) is 12.5. The lowest BCUT2D eigenvalue weighted by Gasteiger charge is -2.08. The third-order valence-electron chi connectivity index (χ3n) is 3.49. The van der Waals surface area contributed by atoms with E-state index >= 15 is 0 Å². The van der Waals surface area contributed by atoms with Gasteiger partial charge in [-0.15, -0.1) is 0 Å². The average Bonchev–Trinajstić information content (AvgIpc) is 2.53. The molecule has 2 aromatic carbocycles. The van der Waals surface area contributed by atoms with Crippen molar-refractivity contribution in [3.05, 3.63) is 69.4 Å². The van der Waals surface area contributed by atoms with E-state index in [-0.39, 0.29) is 5.69 Å². The second-order valence-corrected chi connectivity index (χ2v) is 5.27. The van der Waals surface area contributed by atoms with Gasteiger partial charge in [-0.25, -0.2) is 4.98 Å². The number of nitrogens with zero attached hydrogens (tertiary/aromatic N) is 2. The standard InChI is InChI=1S/C16H12ClN3O2/c17-12-5-6-14-13(7-12)16(15(9-19-14)20(21)22)11-3-1-10(8-18)2-4-11/h1-7,9H,8,18H2. The molecule has 0 saturated heterocycles. The Morgan fingerprint density at radius 2 is 1.91 bits per heavy atom. The molecule has 0 saturated carbocycles. The first-order valence-corrected chi connectivity index (χ1v) is 7.00. The second-order valence-electron chi connectivity index (χ2n) is 4.84. The van der Waals surface area contributed by atoms with E-state index in [1.54, 1.807) is 18.2 Å². The lowest BCUT2D eigenvalue weighted by molar-refractivity contribution is -0.384. The van der Waals surface area contributed by atoms with E-state index in [2.05, 4.69) is 4.98 Å². The molecular weight excluding hydrogens is 302 g/mol. The summed E-state index contributed by atoms with van der Waals surface area (Å²) in [5, 5.41) is 12.5. The van der Waals surface area contributed by atoms with Crippen molar-refractivity contribution in [3.63, 3.8) is 0 Å². The summed E-state index contributed by atoms with van der Waals surface area (Å²) < 4.78 is 0. The summed E-state index contributed by atoms with van der Waals surface area (Å²) in [6.45, 7) is 0.422. The molecule has 5 nitrogen and oxygen atoms in total. The Morgan fingerprint density at radius 1 is 1.18 bits per heavy atom. The Labute approximate surface area is 131 Å². The van der Waals surface area contributed by atoms with Gasteiger partial charge in [0, 0.05) is 17.0 Å². The number of hydrogen-bond acceptors (Lipinski definition) is 4. The first-order valence-electron chi connectivity index (χ1n) is 6.62. The van der Waals surface area contributed by atoms with Crippen LogP contribution in [-0.4, -0.2) is 9.91 Å². The summed E-state index contributed by atoms with van der Waals surface area (Å²) >= 11 is 6.04. The van der Waals surface area contributed by atoms with E-state index in [1.807, 2.05) is 24.3 Å². The lowest BCUT2D eigenvalue weighted by atomic mass is 9.98. The largest absolute Gasteiger partial charge is 0.326 e. The number of nitrogens with two attached hydrogens (primary N) is 1. The van der Waals surface area contributed by atoms with E-state index in [1.165, 1.54) is 6.20 Å². The molecule has 3 rings (SSSR count). The number of benzene rings is 2. The van der Waals surface area contributed by atoms with Gasteiger partial charge in [-0.3, -0.25) is 10.1 Å². The quantitative estimate of drug-likeness (QED) is 0.587. The molecule has 110 valence electrons. The zero-order valence-corrected chi connectivity index (χ0v) is 12.2. The van der Waals surface area contributed by atoms with Crippen molar-refractivity contribution in [1.82, 2.24) is 4.98 Å². The number of hydrogen-bond donors (Lipinski definition) is 1. The van der Waals surface area contributed by atoms with Crippen molar-refractivity contribution in [3.8, 4) is 11.1 Å². The summed E-state index contributed by atoms with van der Waals surface area (Å²) in [4.78, 5) is 15.1. The van der Waals surface area contributed by atoms with Crippen molar-refractivity contribution in [2.24, 2.45) is 5.73 Å². The maximum absolute atomic E-state index is 11.4. The van der Waals surface area contributed by atoms with Gasteiger partial charge in [-0.05, 0) is 29.3 Å². The van der Waals surface area contributed by atoms with Crippen LogP contribution in [-0.2, 0) is 6.54 Å². The molecular formula is C16H12ClN3O2. The molecule has 0 unspecified atom stereocenters. The molecule has 0 aliphatic rings. The van der Waals surface area contributed by atoms with Crippen molar-refractivity contribution in [1.29, 1.82) is 0 Å². The number of fused-ring (bicyclic) bond motifs is 1. The molecule has 0 aliphatic heterocycles. The Balaban J connectivity index is 2.34. The number of pyridine rings is 1. The van der Waals surface area contributed by atoms with Crippen molar-refractivity contribution in [2.75, 3.05) is 0 Å². The molecule has 1 heterocycles. The van der Waals surface area contributed by atoms with Crippen LogP contribution in [0.15, 0.2) is 48.7 Å². The predicted octanol–water partition coefficient (Wildman–Crippen LogP) is 3.92. The molecule has 0 aliphatic carbocycles. The monoisotopic (exact) mass is 313 g/mol. The minimum absolute atomic E-state index is 0.0461. The molecule has 22 heavy (non-hydrogen) atoms. The van der Waals surface area contributed by atoms with Gasteiger partial charge in [-0.1, -0.05) is 35.9 Å². The van der Waals surface area contributed by atoms with E-state index in [9.17, 15) is 10.1 Å². The topological polar surface area (TPSA) is 82.0 Å². The highest BCUT2D eigenvalue weighted by atomic mass is 35.5. The minimum Gasteiger partial charge on any atom is -0.326 e. The predicted molar refractivity (Wildman–Crippen MR) is 86.7 cm³/mol. The fourth-order valence-corrected chi connectivity index (χ4v) is 2.58. The Bertz CT molecular complexity index is 863. The lowest BCUT2D eigenvalue weighted by Crippen LogP contribution is -1.97. The number of halogens is 1. The van der Waals surface area contributed by atoms with Crippen molar-refractivity contribution < 1.29 is 4.92 Å². The maximum Gasteiger partial charge on any atom is 0.295 e.